The molecule has 0 saturated heterocycles. The van der Waals surface area contributed by atoms with Crippen LogP contribution in [0.2, 0.25) is 0 Å². The molecule has 194 valence electrons. The van der Waals surface area contributed by atoms with Gasteiger partial charge in [0.25, 0.3) is 0 Å². The number of ether oxygens (including phenoxy) is 2. The van der Waals surface area contributed by atoms with Crippen LogP contribution in [-0.2, 0) is 11.4 Å². The summed E-state index contributed by atoms with van der Waals surface area (Å²) in [5, 5.41) is 12.2. The molecule has 37 heavy (non-hydrogen) atoms. The van der Waals surface area contributed by atoms with Crippen molar-refractivity contribution >= 4 is 34.6 Å². The summed E-state index contributed by atoms with van der Waals surface area (Å²) in [6.07, 6.45) is 7.09. The van der Waals surface area contributed by atoms with E-state index in [1.165, 1.54) is 34.4 Å². The fourth-order valence-corrected chi connectivity index (χ4v) is 7.58. The molecular weight excluding hydrogens is 500 g/mol. The van der Waals surface area contributed by atoms with Crippen molar-refractivity contribution in [1.29, 1.82) is 0 Å². The molecule has 0 spiro atoms. The number of methoxy groups -OCH3 is 1. The normalized spacial score (nSPS) is 17.3. The van der Waals surface area contributed by atoms with Crippen LogP contribution >= 0.6 is 23.1 Å². The number of hydrogen-bond acceptors (Lipinski definition) is 5. The van der Waals surface area contributed by atoms with Crippen LogP contribution in [0.4, 0.5) is 0 Å². The quantitative estimate of drug-likeness (QED) is 0.267. The number of benzene rings is 2. The minimum absolute atomic E-state index is 0.0492. The highest BCUT2D eigenvalue weighted by molar-refractivity contribution is 8.00. The molecule has 2 aromatic carbocycles. The molecule has 1 atom stereocenters. The van der Waals surface area contributed by atoms with Crippen LogP contribution < -0.4 is 9.47 Å². The summed E-state index contributed by atoms with van der Waals surface area (Å²) in [7, 11) is 1.72. The van der Waals surface area contributed by atoms with Gasteiger partial charge in [-0.25, -0.2) is 0 Å². The molecule has 5 rings (SSSR count). The van der Waals surface area contributed by atoms with Crippen LogP contribution in [0.3, 0.4) is 0 Å². The molecule has 1 heterocycles. The number of para-hydroxylation sites is 1. The second-order valence-electron chi connectivity index (χ2n) is 10.5. The van der Waals surface area contributed by atoms with Crippen molar-refractivity contribution < 1.29 is 19.4 Å². The number of aliphatic carboxylic acids is 1. The number of hydrogen-bond donors (Lipinski definition) is 1. The molecule has 2 aliphatic carbocycles. The highest BCUT2D eigenvalue weighted by atomic mass is 32.2. The van der Waals surface area contributed by atoms with Crippen LogP contribution in [0, 0.1) is 5.41 Å². The van der Waals surface area contributed by atoms with E-state index < -0.39 is 5.97 Å². The minimum Gasteiger partial charge on any atom is -0.496 e. The van der Waals surface area contributed by atoms with E-state index in [4.69, 9.17) is 9.47 Å². The monoisotopic (exact) mass is 534 g/mol. The summed E-state index contributed by atoms with van der Waals surface area (Å²) < 4.78 is 12.1. The molecule has 1 fully saturated rings. The number of thioether (sulfide) groups is 1. The summed E-state index contributed by atoms with van der Waals surface area (Å²) in [5.74, 6) is 0.892. The second kappa shape index (κ2) is 11.0. The van der Waals surface area contributed by atoms with Crippen LogP contribution in [0.1, 0.15) is 67.9 Å². The van der Waals surface area contributed by atoms with E-state index in [1.807, 2.05) is 36.4 Å². The molecule has 4 nitrogen and oxygen atoms in total. The topological polar surface area (TPSA) is 55.8 Å². The third-order valence-electron chi connectivity index (χ3n) is 7.20. The summed E-state index contributed by atoms with van der Waals surface area (Å²) >= 11 is 3.53. The lowest BCUT2D eigenvalue weighted by Crippen LogP contribution is -2.11. The van der Waals surface area contributed by atoms with Crippen LogP contribution in [0.25, 0.3) is 16.0 Å². The van der Waals surface area contributed by atoms with E-state index in [1.54, 1.807) is 30.2 Å². The van der Waals surface area contributed by atoms with E-state index in [9.17, 15) is 9.90 Å². The van der Waals surface area contributed by atoms with Gasteiger partial charge in [-0.15, -0.1) is 23.1 Å². The Morgan fingerprint density at radius 3 is 2.70 bits per heavy atom. The first kappa shape index (κ1) is 25.9. The van der Waals surface area contributed by atoms with Crippen LogP contribution in [-0.4, -0.2) is 23.4 Å². The van der Waals surface area contributed by atoms with Crippen LogP contribution in [0.5, 0.6) is 11.5 Å². The van der Waals surface area contributed by atoms with E-state index >= 15 is 0 Å². The van der Waals surface area contributed by atoms with Gasteiger partial charge in [0, 0.05) is 32.1 Å². The van der Waals surface area contributed by atoms with E-state index in [2.05, 4.69) is 37.4 Å². The highest BCUT2D eigenvalue weighted by Crippen LogP contribution is 2.51. The molecule has 0 amide bonds. The standard InChI is InChI=1S/C31H34O4S2/c1-31(2)15-7-11-25(31)29-21(19-36-30(29)24-10-4-5-12-26(24)34-3)18-35-22-9-6-8-20(16-22)27(17-28(32)33)37-23-13-14-23/h4-6,8-12,16,19,23,27H,7,13-15,17-18H2,1-3H3,(H,32,33). The maximum atomic E-state index is 11.5. The van der Waals surface area contributed by atoms with Crippen molar-refractivity contribution in [3.63, 3.8) is 0 Å². The highest BCUT2D eigenvalue weighted by Gasteiger charge is 2.33. The molecule has 2 aliphatic rings. The van der Waals surface area contributed by atoms with Crippen molar-refractivity contribution in [2.75, 3.05) is 7.11 Å². The Labute approximate surface area is 227 Å². The fraction of sp³-hybridized carbons (Fsp3) is 0.387. The fourth-order valence-electron chi connectivity index (χ4n) is 5.06. The molecular formula is C31H34O4S2. The first-order chi connectivity index (χ1) is 17.9. The zero-order valence-electron chi connectivity index (χ0n) is 21.7. The average molecular weight is 535 g/mol. The second-order valence-corrected chi connectivity index (χ2v) is 12.9. The van der Waals surface area contributed by atoms with Gasteiger partial charge in [0.15, 0.2) is 0 Å². The number of carbonyl (C=O) groups is 1. The van der Waals surface area contributed by atoms with E-state index in [-0.39, 0.29) is 17.1 Å². The lowest BCUT2D eigenvalue weighted by atomic mass is 9.80. The summed E-state index contributed by atoms with van der Waals surface area (Å²) in [6, 6.07) is 16.2. The number of carboxylic acid groups (broad SMARTS) is 1. The van der Waals surface area contributed by atoms with Crippen molar-refractivity contribution in [2.45, 2.75) is 63.1 Å². The molecule has 1 saturated carbocycles. The Morgan fingerprint density at radius 2 is 2.00 bits per heavy atom. The van der Waals surface area contributed by atoms with Gasteiger partial charge in [-0.1, -0.05) is 44.2 Å². The Morgan fingerprint density at radius 1 is 1.19 bits per heavy atom. The lowest BCUT2D eigenvalue weighted by Gasteiger charge is -2.25. The Balaban J connectivity index is 1.44. The largest absolute Gasteiger partial charge is 0.496 e. The maximum Gasteiger partial charge on any atom is 0.304 e. The van der Waals surface area contributed by atoms with Gasteiger partial charge in [0.05, 0.1) is 13.5 Å². The number of thiophene rings is 1. The molecule has 1 N–H and O–H groups in total. The van der Waals surface area contributed by atoms with Crippen molar-refractivity contribution in [3.05, 3.63) is 76.7 Å². The van der Waals surface area contributed by atoms with Gasteiger partial charge >= 0.3 is 5.97 Å². The predicted molar refractivity (Wildman–Crippen MR) is 154 cm³/mol. The zero-order valence-corrected chi connectivity index (χ0v) is 23.3. The van der Waals surface area contributed by atoms with Gasteiger partial charge in [-0.2, -0.15) is 0 Å². The predicted octanol–water partition coefficient (Wildman–Crippen LogP) is 8.62. The summed E-state index contributed by atoms with van der Waals surface area (Å²) in [6.45, 7) is 5.10. The summed E-state index contributed by atoms with van der Waals surface area (Å²) in [4.78, 5) is 12.7. The van der Waals surface area contributed by atoms with Crippen LogP contribution in [0.15, 0.2) is 60.0 Å². The third kappa shape index (κ3) is 5.91. The number of rotatable bonds is 11. The van der Waals surface area contributed by atoms with Crippen molar-refractivity contribution in [2.24, 2.45) is 5.41 Å². The average Bonchev–Trinajstić information content (AvgIpc) is 3.50. The van der Waals surface area contributed by atoms with Crippen molar-refractivity contribution in [3.8, 4) is 21.9 Å². The lowest BCUT2D eigenvalue weighted by molar-refractivity contribution is -0.137. The first-order valence-electron chi connectivity index (χ1n) is 12.9. The minimum atomic E-state index is -0.760. The Hall–Kier alpha value is -2.70. The molecule has 0 aliphatic heterocycles. The van der Waals surface area contributed by atoms with Gasteiger partial charge in [-0.3, -0.25) is 4.79 Å². The Kier molecular flexibility index (Phi) is 7.68. The first-order valence-corrected chi connectivity index (χ1v) is 14.7. The molecule has 1 unspecified atom stereocenters. The number of allylic oxidation sites excluding steroid dienone is 2. The molecule has 0 bridgehead atoms. The van der Waals surface area contributed by atoms with E-state index in [0.29, 0.717) is 11.9 Å². The van der Waals surface area contributed by atoms with Gasteiger partial charge in [0.1, 0.15) is 18.1 Å². The SMILES string of the molecule is COc1ccccc1-c1scc(COc2cccc(C(CC(=O)O)SC3CC3)c2)c1C1=CCCC1(C)C. The molecule has 3 aromatic rings. The number of carboxylic acids is 1. The maximum absolute atomic E-state index is 11.5. The molecule has 1 aromatic heterocycles. The van der Waals surface area contributed by atoms with Gasteiger partial charge in [0.2, 0.25) is 0 Å². The molecule has 0 radical (unpaired) electrons. The van der Waals surface area contributed by atoms with Crippen molar-refractivity contribution in [1.82, 2.24) is 0 Å². The third-order valence-corrected chi connectivity index (χ3v) is 9.89. The van der Waals surface area contributed by atoms with E-state index in [0.717, 1.165) is 35.5 Å². The van der Waals surface area contributed by atoms with Gasteiger partial charge in [-0.05, 0) is 71.9 Å². The molecule has 6 heteroatoms. The zero-order chi connectivity index (χ0) is 26.0. The smallest absolute Gasteiger partial charge is 0.304 e. The van der Waals surface area contributed by atoms with Gasteiger partial charge < -0.3 is 14.6 Å². The summed E-state index contributed by atoms with van der Waals surface area (Å²) in [5.41, 5.74) is 6.04. The Bertz CT molecular complexity index is 1300.